The molecular weight excluding hydrogens is 390 g/mol. The van der Waals surface area contributed by atoms with Crippen molar-refractivity contribution in [1.29, 1.82) is 0 Å². The number of thioether (sulfide) groups is 1. The maximum absolute atomic E-state index is 12.8. The van der Waals surface area contributed by atoms with E-state index in [4.69, 9.17) is 14.2 Å². The van der Waals surface area contributed by atoms with Crippen molar-refractivity contribution in [2.45, 2.75) is 23.8 Å². The molecule has 0 spiro atoms. The molecule has 4 rings (SSSR count). The van der Waals surface area contributed by atoms with Crippen LogP contribution in [-0.4, -0.2) is 42.0 Å². The number of aromatic nitrogens is 3. The summed E-state index contributed by atoms with van der Waals surface area (Å²) in [5.74, 6) is 2.09. The lowest BCUT2D eigenvalue weighted by Crippen LogP contribution is -2.21. The third kappa shape index (κ3) is 3.55. The molecule has 2 aromatic carbocycles. The van der Waals surface area contributed by atoms with E-state index in [1.165, 1.54) is 16.4 Å². The van der Waals surface area contributed by atoms with Crippen molar-refractivity contribution in [2.24, 2.45) is 0 Å². The van der Waals surface area contributed by atoms with Gasteiger partial charge in [0.05, 0.1) is 21.3 Å². The van der Waals surface area contributed by atoms with Crippen LogP contribution < -0.4 is 14.2 Å². The third-order valence-electron chi connectivity index (χ3n) is 4.79. The van der Waals surface area contributed by atoms with E-state index in [0.29, 0.717) is 34.7 Å². The molecule has 1 aromatic heterocycles. The smallest absolute Gasteiger partial charge is 0.250 e. The molecule has 3 aromatic rings. The Hall–Kier alpha value is -3.00. The second kappa shape index (κ2) is 7.79. The van der Waals surface area contributed by atoms with E-state index in [2.05, 4.69) is 10.1 Å². The summed E-state index contributed by atoms with van der Waals surface area (Å²) in [6, 6.07) is 11.7. The van der Waals surface area contributed by atoms with Crippen molar-refractivity contribution in [2.75, 3.05) is 21.3 Å². The standard InChI is InChI=1S/C21H21N3O4S/c1-12-5-7-13(8-6-12)20-22-21-24(23-20)18(25)11-17(29-21)14-9-15(26-2)19(28-4)16(10-14)27-3/h5-10,17H,11H2,1-4H3. The zero-order valence-corrected chi connectivity index (χ0v) is 17.4. The predicted octanol–water partition coefficient (Wildman–Crippen LogP) is 4.16. The van der Waals surface area contributed by atoms with E-state index in [9.17, 15) is 4.79 Å². The lowest BCUT2D eigenvalue weighted by molar-refractivity contribution is 0.0868. The van der Waals surface area contributed by atoms with E-state index < -0.39 is 0 Å². The lowest BCUT2D eigenvalue weighted by atomic mass is 10.1. The van der Waals surface area contributed by atoms with Gasteiger partial charge in [-0.1, -0.05) is 41.6 Å². The predicted molar refractivity (Wildman–Crippen MR) is 110 cm³/mol. The van der Waals surface area contributed by atoms with E-state index >= 15 is 0 Å². The number of carbonyl (C=O) groups is 1. The zero-order chi connectivity index (χ0) is 20.5. The Morgan fingerprint density at radius 3 is 2.28 bits per heavy atom. The van der Waals surface area contributed by atoms with Gasteiger partial charge in [0.2, 0.25) is 5.75 Å². The summed E-state index contributed by atoms with van der Waals surface area (Å²) in [6.07, 6.45) is 0.299. The second-order valence-electron chi connectivity index (χ2n) is 6.66. The molecule has 0 saturated heterocycles. The Morgan fingerprint density at radius 2 is 1.69 bits per heavy atom. The Balaban J connectivity index is 1.69. The minimum absolute atomic E-state index is 0.0941. The van der Waals surface area contributed by atoms with Gasteiger partial charge in [-0.15, -0.1) is 5.10 Å². The molecular formula is C21H21N3O4S. The Morgan fingerprint density at radius 1 is 1.03 bits per heavy atom. The van der Waals surface area contributed by atoms with Gasteiger partial charge in [0, 0.05) is 17.2 Å². The van der Waals surface area contributed by atoms with Crippen molar-refractivity contribution in [1.82, 2.24) is 14.8 Å². The fourth-order valence-corrected chi connectivity index (χ4v) is 4.38. The molecule has 150 valence electrons. The quantitative estimate of drug-likeness (QED) is 0.624. The van der Waals surface area contributed by atoms with Crippen LogP contribution in [-0.2, 0) is 0 Å². The van der Waals surface area contributed by atoms with Gasteiger partial charge in [-0.25, -0.2) is 4.98 Å². The minimum Gasteiger partial charge on any atom is -0.493 e. The molecule has 1 aliphatic heterocycles. The Labute approximate surface area is 173 Å². The van der Waals surface area contributed by atoms with Gasteiger partial charge in [-0.2, -0.15) is 4.68 Å². The highest BCUT2D eigenvalue weighted by atomic mass is 32.2. The number of aryl methyl sites for hydroxylation is 1. The van der Waals surface area contributed by atoms with Gasteiger partial charge in [0.25, 0.3) is 5.91 Å². The van der Waals surface area contributed by atoms with Crippen LogP contribution in [0.5, 0.6) is 17.2 Å². The number of nitrogens with zero attached hydrogens (tertiary/aromatic N) is 3. The monoisotopic (exact) mass is 411 g/mol. The van der Waals surface area contributed by atoms with Gasteiger partial charge in [0.15, 0.2) is 22.5 Å². The summed E-state index contributed by atoms with van der Waals surface area (Å²) >= 11 is 1.50. The van der Waals surface area contributed by atoms with Gasteiger partial charge in [-0.3, -0.25) is 4.79 Å². The molecule has 29 heavy (non-hydrogen) atoms. The van der Waals surface area contributed by atoms with Crippen LogP contribution in [0.2, 0.25) is 0 Å². The first kappa shape index (κ1) is 19.3. The summed E-state index contributed by atoms with van der Waals surface area (Å²) in [4.78, 5) is 17.4. The summed E-state index contributed by atoms with van der Waals surface area (Å²) in [6.45, 7) is 2.02. The number of methoxy groups -OCH3 is 3. The van der Waals surface area contributed by atoms with Crippen LogP contribution in [0.1, 0.15) is 27.6 Å². The molecule has 0 radical (unpaired) electrons. The molecule has 0 bridgehead atoms. The first-order valence-electron chi connectivity index (χ1n) is 9.08. The van der Waals surface area contributed by atoms with E-state index in [-0.39, 0.29) is 11.2 Å². The topological polar surface area (TPSA) is 75.5 Å². The fourth-order valence-electron chi connectivity index (χ4n) is 3.25. The SMILES string of the molecule is COc1cc(C2CC(=O)n3nc(-c4ccc(C)cc4)nc3S2)cc(OC)c1OC. The first-order chi connectivity index (χ1) is 14.0. The van der Waals surface area contributed by atoms with Crippen LogP contribution in [0.4, 0.5) is 0 Å². The first-order valence-corrected chi connectivity index (χ1v) is 9.96. The fraction of sp³-hybridized carbons (Fsp3) is 0.286. The maximum Gasteiger partial charge on any atom is 0.250 e. The molecule has 0 amide bonds. The second-order valence-corrected chi connectivity index (χ2v) is 7.83. The van der Waals surface area contributed by atoms with E-state index in [1.807, 2.05) is 43.3 Å². The highest BCUT2D eigenvalue weighted by molar-refractivity contribution is 7.99. The van der Waals surface area contributed by atoms with Crippen molar-refractivity contribution >= 4 is 17.7 Å². The third-order valence-corrected chi connectivity index (χ3v) is 5.99. The molecule has 8 heteroatoms. The van der Waals surface area contributed by atoms with Gasteiger partial charge in [-0.05, 0) is 24.6 Å². The average molecular weight is 411 g/mol. The number of hydrogen-bond acceptors (Lipinski definition) is 7. The number of benzene rings is 2. The maximum atomic E-state index is 12.8. The minimum atomic E-state index is -0.126. The molecule has 0 fully saturated rings. The molecule has 1 atom stereocenters. The summed E-state index contributed by atoms with van der Waals surface area (Å²) in [5, 5.41) is 4.87. The summed E-state index contributed by atoms with van der Waals surface area (Å²) < 4.78 is 17.7. The van der Waals surface area contributed by atoms with Crippen molar-refractivity contribution < 1.29 is 19.0 Å². The summed E-state index contributed by atoms with van der Waals surface area (Å²) in [7, 11) is 4.71. The van der Waals surface area contributed by atoms with Crippen LogP contribution in [0.3, 0.4) is 0 Å². The highest BCUT2D eigenvalue weighted by Gasteiger charge is 2.31. The Bertz CT molecular complexity index is 1040. The molecule has 0 saturated carbocycles. The average Bonchev–Trinajstić information content (AvgIpc) is 3.18. The molecule has 1 unspecified atom stereocenters. The largest absolute Gasteiger partial charge is 0.493 e. The molecule has 2 heterocycles. The van der Waals surface area contributed by atoms with Crippen molar-refractivity contribution in [3.63, 3.8) is 0 Å². The molecule has 0 N–H and O–H groups in total. The summed E-state index contributed by atoms with van der Waals surface area (Å²) in [5.41, 5.74) is 2.95. The van der Waals surface area contributed by atoms with Crippen molar-refractivity contribution in [3.05, 3.63) is 47.5 Å². The van der Waals surface area contributed by atoms with Gasteiger partial charge in [0.1, 0.15) is 0 Å². The Kier molecular flexibility index (Phi) is 5.19. The van der Waals surface area contributed by atoms with Gasteiger partial charge >= 0.3 is 0 Å². The normalized spacial score (nSPS) is 15.7. The number of rotatable bonds is 5. The molecule has 1 aliphatic rings. The van der Waals surface area contributed by atoms with Crippen molar-refractivity contribution in [3.8, 4) is 28.6 Å². The van der Waals surface area contributed by atoms with Crippen LogP contribution in [0.25, 0.3) is 11.4 Å². The zero-order valence-electron chi connectivity index (χ0n) is 16.6. The van der Waals surface area contributed by atoms with Crippen LogP contribution in [0, 0.1) is 6.92 Å². The molecule has 7 nitrogen and oxygen atoms in total. The van der Waals surface area contributed by atoms with E-state index in [1.54, 1.807) is 21.3 Å². The lowest BCUT2D eigenvalue weighted by Gasteiger charge is -2.22. The highest BCUT2D eigenvalue weighted by Crippen LogP contribution is 2.46. The number of fused-ring (bicyclic) bond motifs is 1. The number of hydrogen-bond donors (Lipinski definition) is 0. The van der Waals surface area contributed by atoms with Crippen LogP contribution in [0.15, 0.2) is 41.6 Å². The van der Waals surface area contributed by atoms with Crippen LogP contribution >= 0.6 is 11.8 Å². The van der Waals surface area contributed by atoms with E-state index in [0.717, 1.165) is 16.7 Å². The van der Waals surface area contributed by atoms with Gasteiger partial charge < -0.3 is 14.2 Å². The number of carbonyl (C=O) groups excluding carboxylic acids is 1. The molecule has 0 aliphatic carbocycles. The number of ether oxygens (including phenoxy) is 3.